The lowest BCUT2D eigenvalue weighted by Crippen LogP contribution is -2.37. The summed E-state index contributed by atoms with van der Waals surface area (Å²) < 4.78 is 1.89. The normalized spacial score (nSPS) is 11.6. The van der Waals surface area contributed by atoms with Crippen molar-refractivity contribution in [2.45, 2.75) is 26.4 Å². The number of hydrogen-bond donors (Lipinski definition) is 1. The second-order valence-electron chi connectivity index (χ2n) is 5.96. The first-order valence-electron chi connectivity index (χ1n) is 8.64. The third-order valence-corrected chi connectivity index (χ3v) is 5.14. The predicted molar refractivity (Wildman–Crippen MR) is 107 cm³/mol. The Morgan fingerprint density at radius 2 is 2.08 bits per heavy atom. The zero-order valence-electron chi connectivity index (χ0n) is 15.4. The third-order valence-electron chi connectivity index (χ3n) is 4.00. The molecule has 0 aliphatic carbocycles. The highest BCUT2D eigenvalue weighted by Crippen LogP contribution is 2.13. The van der Waals surface area contributed by atoms with E-state index in [4.69, 9.17) is 0 Å². The molecule has 2 heterocycles. The van der Waals surface area contributed by atoms with Crippen molar-refractivity contribution in [2.24, 2.45) is 4.99 Å². The van der Waals surface area contributed by atoms with Gasteiger partial charge < -0.3 is 10.2 Å². The number of nitrogens with zero attached hydrogens (tertiary/aromatic N) is 5. The molecule has 6 nitrogen and oxygen atoms in total. The Kier molecular flexibility index (Phi) is 6.01. The SMILES string of the molecule is CCc1cnc(CNC(=NC)N(C)Cc2cnn(-c3ccccc3)c2)s1. The van der Waals surface area contributed by atoms with E-state index in [1.54, 1.807) is 18.4 Å². The number of aliphatic imine (C=N–C) groups is 1. The minimum atomic E-state index is 0.685. The maximum Gasteiger partial charge on any atom is 0.194 e. The molecule has 0 amide bonds. The van der Waals surface area contributed by atoms with Gasteiger partial charge in [-0.25, -0.2) is 9.67 Å². The zero-order valence-corrected chi connectivity index (χ0v) is 16.2. The molecule has 0 unspecified atom stereocenters. The summed E-state index contributed by atoms with van der Waals surface area (Å²) in [6, 6.07) is 10.1. The van der Waals surface area contributed by atoms with Crippen molar-refractivity contribution in [1.82, 2.24) is 25.0 Å². The summed E-state index contributed by atoms with van der Waals surface area (Å²) in [5, 5.41) is 8.91. The molecule has 2 aromatic heterocycles. The number of rotatable bonds is 6. The third kappa shape index (κ3) is 4.49. The molecule has 0 aliphatic rings. The highest BCUT2D eigenvalue weighted by Gasteiger charge is 2.10. The minimum Gasteiger partial charge on any atom is -0.350 e. The summed E-state index contributed by atoms with van der Waals surface area (Å²) in [5.41, 5.74) is 2.18. The highest BCUT2D eigenvalue weighted by molar-refractivity contribution is 7.11. The van der Waals surface area contributed by atoms with Gasteiger partial charge in [-0.2, -0.15) is 5.10 Å². The maximum atomic E-state index is 4.45. The second-order valence-corrected chi connectivity index (χ2v) is 7.16. The van der Waals surface area contributed by atoms with Crippen LogP contribution in [0.4, 0.5) is 0 Å². The van der Waals surface area contributed by atoms with Crippen molar-refractivity contribution < 1.29 is 0 Å². The summed E-state index contributed by atoms with van der Waals surface area (Å²) >= 11 is 1.74. The summed E-state index contributed by atoms with van der Waals surface area (Å²) in [6.07, 6.45) is 6.92. The Bertz CT molecular complexity index is 852. The van der Waals surface area contributed by atoms with Gasteiger partial charge in [-0.1, -0.05) is 25.1 Å². The molecular formula is C19H24N6S. The molecule has 0 fully saturated rings. The van der Waals surface area contributed by atoms with Gasteiger partial charge in [0.1, 0.15) is 5.01 Å². The zero-order chi connectivity index (χ0) is 18.4. The number of nitrogens with one attached hydrogen (secondary N) is 1. The van der Waals surface area contributed by atoms with Gasteiger partial charge in [-0.15, -0.1) is 11.3 Å². The Balaban J connectivity index is 1.59. The highest BCUT2D eigenvalue weighted by atomic mass is 32.1. The molecule has 136 valence electrons. The van der Waals surface area contributed by atoms with Crippen molar-refractivity contribution in [3.63, 3.8) is 0 Å². The van der Waals surface area contributed by atoms with Crippen LogP contribution >= 0.6 is 11.3 Å². The molecule has 3 aromatic rings. The fourth-order valence-electron chi connectivity index (χ4n) is 2.65. The molecule has 0 saturated heterocycles. The summed E-state index contributed by atoms with van der Waals surface area (Å²) in [6.45, 7) is 3.56. The number of hydrogen-bond acceptors (Lipinski definition) is 4. The molecule has 0 bridgehead atoms. The lowest BCUT2D eigenvalue weighted by Gasteiger charge is -2.21. The quantitative estimate of drug-likeness (QED) is 0.537. The molecule has 1 N–H and O–H groups in total. The van der Waals surface area contributed by atoms with E-state index in [0.29, 0.717) is 6.54 Å². The van der Waals surface area contributed by atoms with Gasteiger partial charge in [-0.05, 0) is 18.6 Å². The van der Waals surface area contributed by atoms with Crippen molar-refractivity contribution in [3.8, 4) is 5.69 Å². The predicted octanol–water partition coefficient (Wildman–Crippen LogP) is 3.10. The first kappa shape index (κ1) is 18.1. The standard InChI is InChI=1S/C19H24N6S/c1-4-17-11-21-18(26-17)12-22-19(20-2)24(3)13-15-10-23-25(14-15)16-8-6-5-7-9-16/h5-11,14H,4,12-13H2,1-3H3,(H,20,22). The van der Waals surface area contributed by atoms with Crippen LogP contribution in [-0.2, 0) is 19.5 Å². The number of benzene rings is 1. The van der Waals surface area contributed by atoms with E-state index < -0.39 is 0 Å². The largest absolute Gasteiger partial charge is 0.350 e. The van der Waals surface area contributed by atoms with Gasteiger partial charge in [0.05, 0.1) is 18.4 Å². The Labute approximate surface area is 158 Å². The van der Waals surface area contributed by atoms with Crippen LogP contribution < -0.4 is 5.32 Å². The van der Waals surface area contributed by atoms with Gasteiger partial charge >= 0.3 is 0 Å². The maximum absolute atomic E-state index is 4.45. The van der Waals surface area contributed by atoms with E-state index in [2.05, 4.69) is 32.2 Å². The first-order valence-corrected chi connectivity index (χ1v) is 9.45. The number of para-hydroxylation sites is 1. The van der Waals surface area contributed by atoms with Crippen molar-refractivity contribution in [2.75, 3.05) is 14.1 Å². The molecule has 0 radical (unpaired) electrons. The average molecular weight is 369 g/mol. The molecule has 26 heavy (non-hydrogen) atoms. The van der Waals surface area contributed by atoms with Crippen LogP contribution in [0, 0.1) is 0 Å². The van der Waals surface area contributed by atoms with Crippen LogP contribution in [0.15, 0.2) is 53.9 Å². The van der Waals surface area contributed by atoms with Crippen LogP contribution in [0.5, 0.6) is 0 Å². The van der Waals surface area contributed by atoms with Crippen molar-refractivity contribution >= 4 is 17.3 Å². The summed E-state index contributed by atoms with van der Waals surface area (Å²) in [4.78, 5) is 12.2. The van der Waals surface area contributed by atoms with Gasteiger partial charge in [0.2, 0.25) is 0 Å². The van der Waals surface area contributed by atoms with Gasteiger partial charge in [-0.3, -0.25) is 4.99 Å². The topological polar surface area (TPSA) is 58.3 Å². The van der Waals surface area contributed by atoms with E-state index in [1.165, 1.54) is 4.88 Å². The Hall–Kier alpha value is -2.67. The second kappa shape index (κ2) is 8.62. The van der Waals surface area contributed by atoms with Crippen LogP contribution in [0.2, 0.25) is 0 Å². The van der Waals surface area contributed by atoms with Crippen LogP contribution in [0.3, 0.4) is 0 Å². The number of aryl methyl sites for hydroxylation is 1. The van der Waals surface area contributed by atoms with Gasteiger partial charge in [0.25, 0.3) is 0 Å². The van der Waals surface area contributed by atoms with Crippen molar-refractivity contribution in [1.29, 1.82) is 0 Å². The molecule has 0 aliphatic heterocycles. The molecule has 0 spiro atoms. The first-order chi connectivity index (χ1) is 12.7. The van der Waals surface area contributed by atoms with E-state index in [1.807, 2.05) is 60.7 Å². The van der Waals surface area contributed by atoms with Crippen LogP contribution in [0.1, 0.15) is 22.4 Å². The summed E-state index contributed by atoms with van der Waals surface area (Å²) in [5.74, 6) is 0.839. The molecule has 0 saturated carbocycles. The van der Waals surface area contributed by atoms with E-state index in [9.17, 15) is 0 Å². The fraction of sp³-hybridized carbons (Fsp3) is 0.316. The van der Waals surface area contributed by atoms with E-state index in [-0.39, 0.29) is 0 Å². The van der Waals surface area contributed by atoms with E-state index >= 15 is 0 Å². The Morgan fingerprint density at radius 1 is 1.27 bits per heavy atom. The van der Waals surface area contributed by atoms with E-state index in [0.717, 1.165) is 35.2 Å². The molecule has 3 rings (SSSR count). The van der Waals surface area contributed by atoms with Crippen molar-refractivity contribution in [3.05, 3.63) is 64.4 Å². The van der Waals surface area contributed by atoms with Gasteiger partial charge in [0, 0.05) is 43.5 Å². The minimum absolute atomic E-state index is 0.685. The smallest absolute Gasteiger partial charge is 0.194 e. The monoisotopic (exact) mass is 368 g/mol. The lowest BCUT2D eigenvalue weighted by molar-refractivity contribution is 0.476. The lowest BCUT2D eigenvalue weighted by atomic mass is 10.3. The molecule has 7 heteroatoms. The number of thiazole rings is 1. The number of guanidine groups is 1. The van der Waals surface area contributed by atoms with Crippen LogP contribution in [0.25, 0.3) is 5.69 Å². The average Bonchev–Trinajstić information content (AvgIpc) is 3.32. The summed E-state index contributed by atoms with van der Waals surface area (Å²) in [7, 11) is 3.82. The molecular weight excluding hydrogens is 344 g/mol. The molecule has 1 aromatic carbocycles. The Morgan fingerprint density at radius 3 is 2.77 bits per heavy atom. The number of aromatic nitrogens is 3. The fourth-order valence-corrected chi connectivity index (χ4v) is 3.45. The van der Waals surface area contributed by atoms with Crippen LogP contribution in [-0.4, -0.2) is 39.7 Å². The molecule has 0 atom stereocenters. The van der Waals surface area contributed by atoms with Gasteiger partial charge in [0.15, 0.2) is 5.96 Å².